The Bertz CT molecular complexity index is 174. The van der Waals surface area contributed by atoms with Crippen LogP contribution in [0.3, 0.4) is 0 Å². The van der Waals surface area contributed by atoms with E-state index in [1.807, 2.05) is 0 Å². The second kappa shape index (κ2) is 15.0. The van der Waals surface area contributed by atoms with Crippen molar-refractivity contribution in [3.05, 3.63) is 0 Å². The van der Waals surface area contributed by atoms with Crippen LogP contribution in [-0.4, -0.2) is 43.4 Å². The average Bonchev–Trinajstić information content (AvgIpc) is 2.33. The van der Waals surface area contributed by atoms with Gasteiger partial charge in [0.05, 0.1) is 27.2 Å². The Hall–Kier alpha value is 0.650. The van der Waals surface area contributed by atoms with Gasteiger partial charge in [-0.15, -0.1) is 0 Å². The number of quaternary nitrogens is 1. The number of nitrogens with zero attached hydrogens (tertiary/aromatic N) is 1. The number of hydrogen-bond donors (Lipinski definition) is 1. The number of aliphatic hydroxyl groups excluding tert-OH is 1. The molecule has 118 valence electrons. The first-order valence-electron chi connectivity index (χ1n) is 8.05. The number of hydrogen-bond acceptors (Lipinski definition) is 1. The Kier molecular flexibility index (Phi) is 17.4. The van der Waals surface area contributed by atoms with Gasteiger partial charge in [0.2, 0.25) is 0 Å². The summed E-state index contributed by atoms with van der Waals surface area (Å²) in [4.78, 5) is 0. The molecule has 0 unspecified atom stereocenters. The topological polar surface area (TPSA) is 20.2 Å². The van der Waals surface area contributed by atoms with Crippen molar-refractivity contribution in [1.29, 1.82) is 0 Å². The summed E-state index contributed by atoms with van der Waals surface area (Å²) in [6.07, 6.45) is 13.3. The fraction of sp³-hybridized carbons (Fsp3) is 1.00. The van der Waals surface area contributed by atoms with Crippen molar-refractivity contribution in [2.45, 2.75) is 71.1 Å². The van der Waals surface area contributed by atoms with Gasteiger partial charge in [0.15, 0.2) is 0 Å². The minimum absolute atomic E-state index is 0. The van der Waals surface area contributed by atoms with Crippen LogP contribution in [0, 0.1) is 0 Å². The van der Waals surface area contributed by atoms with E-state index in [4.69, 9.17) is 5.11 Å². The van der Waals surface area contributed by atoms with Crippen LogP contribution in [0.15, 0.2) is 0 Å². The minimum Gasteiger partial charge on any atom is -1.00 e. The molecule has 0 aliphatic rings. The van der Waals surface area contributed by atoms with Crippen LogP contribution in [0.1, 0.15) is 71.1 Å². The van der Waals surface area contributed by atoms with E-state index in [0.717, 1.165) is 17.3 Å². The third kappa shape index (κ3) is 16.6. The monoisotopic (exact) mass is 385 g/mol. The molecular formula is C16H36INO. The molecule has 0 aromatic rings. The first-order chi connectivity index (χ1) is 8.62. The van der Waals surface area contributed by atoms with Crippen molar-refractivity contribution >= 4 is 0 Å². The van der Waals surface area contributed by atoms with E-state index >= 15 is 0 Å². The lowest BCUT2D eigenvalue weighted by molar-refractivity contribution is -0.890. The van der Waals surface area contributed by atoms with E-state index in [0.29, 0.717) is 6.61 Å². The van der Waals surface area contributed by atoms with Gasteiger partial charge in [-0.05, 0) is 25.7 Å². The standard InChI is InChI=1S/C16H36NO.HI/c1-4-5-6-7-8-9-10-11-14-17(2,3)15-12-13-16-18;/h18H,4-16H2,1-3H3;1H/q+1;/p-1. The molecule has 2 nitrogen and oxygen atoms in total. The third-order valence-corrected chi connectivity index (χ3v) is 3.79. The molecule has 0 aliphatic carbocycles. The molecule has 0 saturated heterocycles. The van der Waals surface area contributed by atoms with E-state index < -0.39 is 0 Å². The van der Waals surface area contributed by atoms with Gasteiger partial charge in [-0.25, -0.2) is 0 Å². The highest BCUT2D eigenvalue weighted by Crippen LogP contribution is 2.10. The molecule has 0 radical (unpaired) electrons. The molecule has 3 heteroatoms. The van der Waals surface area contributed by atoms with Crippen molar-refractivity contribution in [3.63, 3.8) is 0 Å². The number of aliphatic hydroxyl groups is 1. The number of rotatable bonds is 13. The Balaban J connectivity index is 0. The summed E-state index contributed by atoms with van der Waals surface area (Å²) < 4.78 is 1.12. The predicted molar refractivity (Wildman–Crippen MR) is 80.8 cm³/mol. The summed E-state index contributed by atoms with van der Waals surface area (Å²) in [6, 6.07) is 0. The van der Waals surface area contributed by atoms with Crippen molar-refractivity contribution in [2.75, 3.05) is 33.8 Å². The first-order valence-corrected chi connectivity index (χ1v) is 8.05. The molecule has 0 spiro atoms. The molecule has 0 aromatic carbocycles. The normalized spacial score (nSPS) is 11.4. The highest BCUT2D eigenvalue weighted by molar-refractivity contribution is 4.46. The SMILES string of the molecule is CCCCCCCCCC[N+](C)(C)CCCCO.[I-]. The Morgan fingerprint density at radius 3 is 1.58 bits per heavy atom. The lowest BCUT2D eigenvalue weighted by Crippen LogP contribution is -3.00. The zero-order valence-corrected chi connectivity index (χ0v) is 15.6. The van der Waals surface area contributed by atoms with E-state index in [2.05, 4.69) is 21.0 Å². The Morgan fingerprint density at radius 2 is 1.11 bits per heavy atom. The Morgan fingerprint density at radius 1 is 0.684 bits per heavy atom. The predicted octanol–water partition coefficient (Wildman–Crippen LogP) is 0.980. The summed E-state index contributed by atoms with van der Waals surface area (Å²) in [7, 11) is 4.64. The molecule has 0 saturated carbocycles. The molecule has 0 bridgehead atoms. The molecule has 0 atom stereocenters. The van der Waals surface area contributed by atoms with E-state index in [9.17, 15) is 0 Å². The van der Waals surface area contributed by atoms with Crippen LogP contribution in [0.2, 0.25) is 0 Å². The van der Waals surface area contributed by atoms with E-state index in [-0.39, 0.29) is 24.0 Å². The van der Waals surface area contributed by atoms with Crippen LogP contribution >= 0.6 is 0 Å². The van der Waals surface area contributed by atoms with Gasteiger partial charge < -0.3 is 33.6 Å². The highest BCUT2D eigenvalue weighted by Gasteiger charge is 2.13. The van der Waals surface area contributed by atoms with Crippen LogP contribution in [0.4, 0.5) is 0 Å². The fourth-order valence-electron chi connectivity index (χ4n) is 2.44. The zero-order valence-electron chi connectivity index (χ0n) is 13.5. The zero-order chi connectivity index (χ0) is 13.7. The minimum atomic E-state index is 0. The lowest BCUT2D eigenvalue weighted by Gasteiger charge is -2.29. The average molecular weight is 385 g/mol. The highest BCUT2D eigenvalue weighted by atomic mass is 127. The van der Waals surface area contributed by atoms with Gasteiger partial charge in [-0.2, -0.15) is 0 Å². The quantitative estimate of drug-likeness (QED) is 0.285. The summed E-state index contributed by atoms with van der Waals surface area (Å²) in [5, 5.41) is 8.79. The van der Waals surface area contributed by atoms with E-state index in [1.54, 1.807) is 0 Å². The van der Waals surface area contributed by atoms with Crippen molar-refractivity contribution in [3.8, 4) is 0 Å². The Labute approximate surface area is 138 Å². The van der Waals surface area contributed by atoms with Crippen LogP contribution in [0.25, 0.3) is 0 Å². The molecule has 0 aromatic heterocycles. The number of unbranched alkanes of at least 4 members (excludes halogenated alkanes) is 8. The molecule has 0 fully saturated rings. The maximum atomic E-state index is 8.79. The van der Waals surface area contributed by atoms with Crippen LogP contribution in [0.5, 0.6) is 0 Å². The first kappa shape index (κ1) is 21.9. The molecule has 1 N–H and O–H groups in total. The second-order valence-electron chi connectivity index (χ2n) is 6.29. The molecule has 0 rings (SSSR count). The molecule has 0 amide bonds. The summed E-state index contributed by atoms with van der Waals surface area (Å²) in [5.74, 6) is 0. The summed E-state index contributed by atoms with van der Waals surface area (Å²) >= 11 is 0. The summed E-state index contributed by atoms with van der Waals surface area (Å²) in [6.45, 7) is 5.12. The maximum absolute atomic E-state index is 8.79. The molecule has 0 heterocycles. The van der Waals surface area contributed by atoms with Gasteiger partial charge in [0, 0.05) is 6.61 Å². The smallest absolute Gasteiger partial charge is 0.0783 e. The summed E-state index contributed by atoms with van der Waals surface area (Å²) in [5.41, 5.74) is 0. The van der Waals surface area contributed by atoms with Gasteiger partial charge in [-0.1, -0.05) is 45.4 Å². The molecule has 0 aliphatic heterocycles. The van der Waals surface area contributed by atoms with E-state index in [1.165, 1.54) is 64.5 Å². The second-order valence-corrected chi connectivity index (χ2v) is 6.29. The van der Waals surface area contributed by atoms with Crippen molar-refractivity contribution < 1.29 is 33.6 Å². The van der Waals surface area contributed by atoms with Crippen molar-refractivity contribution in [2.24, 2.45) is 0 Å². The fourth-order valence-corrected chi connectivity index (χ4v) is 2.44. The van der Waals surface area contributed by atoms with Crippen LogP contribution in [-0.2, 0) is 0 Å². The molecule has 19 heavy (non-hydrogen) atoms. The van der Waals surface area contributed by atoms with Gasteiger partial charge >= 0.3 is 0 Å². The third-order valence-electron chi connectivity index (χ3n) is 3.79. The maximum Gasteiger partial charge on any atom is 0.0783 e. The van der Waals surface area contributed by atoms with Crippen LogP contribution < -0.4 is 24.0 Å². The van der Waals surface area contributed by atoms with Gasteiger partial charge in [-0.3, -0.25) is 0 Å². The van der Waals surface area contributed by atoms with Gasteiger partial charge in [0.1, 0.15) is 0 Å². The largest absolute Gasteiger partial charge is 1.00 e. The lowest BCUT2D eigenvalue weighted by atomic mass is 10.1. The van der Waals surface area contributed by atoms with Gasteiger partial charge in [0.25, 0.3) is 0 Å². The molecular weight excluding hydrogens is 349 g/mol. The van der Waals surface area contributed by atoms with Crippen molar-refractivity contribution in [1.82, 2.24) is 0 Å². The number of halogens is 1.